The van der Waals surface area contributed by atoms with Crippen molar-refractivity contribution in [2.24, 2.45) is 0 Å². The lowest BCUT2D eigenvalue weighted by Crippen LogP contribution is -2.25. The average Bonchev–Trinajstić information content (AvgIpc) is 3.11. The molecule has 0 radical (unpaired) electrons. The molecule has 0 aliphatic carbocycles. The van der Waals surface area contributed by atoms with Crippen LogP contribution in [-0.2, 0) is 23.1 Å². The van der Waals surface area contributed by atoms with E-state index in [1.54, 1.807) is 12.1 Å². The quantitative estimate of drug-likeness (QED) is 0.642. The van der Waals surface area contributed by atoms with Gasteiger partial charge in [-0.1, -0.05) is 32.0 Å². The molecule has 1 amide bonds. The van der Waals surface area contributed by atoms with Crippen molar-refractivity contribution >= 4 is 5.91 Å². The predicted molar refractivity (Wildman–Crippen MR) is 102 cm³/mol. The predicted octanol–water partition coefficient (Wildman–Crippen LogP) is 3.66. The van der Waals surface area contributed by atoms with Crippen LogP contribution in [-0.4, -0.2) is 36.3 Å². The van der Waals surface area contributed by atoms with Crippen LogP contribution in [0.3, 0.4) is 0 Å². The maximum Gasteiger partial charge on any atom is 0.387 e. The summed E-state index contributed by atoms with van der Waals surface area (Å²) in [7, 11) is 1.38. The fraction of sp³-hybridized carbons (Fsp3) is 0.550. The number of ether oxygens (including phenoxy) is 2. The van der Waals surface area contributed by atoms with Crippen LogP contribution in [0.5, 0.6) is 11.5 Å². The second-order valence-electron chi connectivity index (χ2n) is 7.58. The van der Waals surface area contributed by atoms with Crippen LogP contribution in [0.4, 0.5) is 8.78 Å². The molecular formula is C20H27F2N3O4. The Hall–Kier alpha value is -2.71. The zero-order valence-corrected chi connectivity index (χ0v) is 17.1. The summed E-state index contributed by atoms with van der Waals surface area (Å²) < 4.78 is 39.6. The number of alkyl halides is 2. The van der Waals surface area contributed by atoms with Crippen LogP contribution in [0, 0.1) is 0 Å². The summed E-state index contributed by atoms with van der Waals surface area (Å²) in [6.45, 7) is 3.45. The number of methoxy groups -OCH3 is 1. The topological polar surface area (TPSA) is 86.5 Å². The lowest BCUT2D eigenvalue weighted by molar-refractivity contribution is -0.121. The minimum atomic E-state index is -2.93. The van der Waals surface area contributed by atoms with Crippen LogP contribution >= 0.6 is 0 Å². The van der Waals surface area contributed by atoms with Gasteiger partial charge < -0.3 is 19.3 Å². The van der Waals surface area contributed by atoms with E-state index in [4.69, 9.17) is 9.26 Å². The van der Waals surface area contributed by atoms with E-state index in [9.17, 15) is 13.6 Å². The Morgan fingerprint density at radius 2 is 2.00 bits per heavy atom. The zero-order valence-electron chi connectivity index (χ0n) is 17.1. The largest absolute Gasteiger partial charge is 0.493 e. The molecule has 0 atom stereocenters. The molecule has 0 aliphatic rings. The SMILES string of the molecule is COc1ccc(CCNC(=O)CCCc2nc(C(C)(C)C)no2)cc1OC(F)F. The maximum absolute atomic E-state index is 12.5. The molecular weight excluding hydrogens is 384 g/mol. The Bertz CT molecular complexity index is 803. The van der Waals surface area contributed by atoms with Crippen LogP contribution < -0.4 is 14.8 Å². The minimum absolute atomic E-state index is 0.0273. The molecule has 1 aromatic carbocycles. The van der Waals surface area contributed by atoms with Gasteiger partial charge in [-0.25, -0.2) is 0 Å². The fourth-order valence-electron chi connectivity index (χ4n) is 2.56. The maximum atomic E-state index is 12.5. The molecule has 0 spiro atoms. The molecule has 29 heavy (non-hydrogen) atoms. The summed E-state index contributed by atoms with van der Waals surface area (Å²) in [5.41, 5.74) is 0.572. The number of aryl methyl sites for hydroxylation is 1. The minimum Gasteiger partial charge on any atom is -0.493 e. The molecule has 1 aromatic heterocycles. The first-order valence-corrected chi connectivity index (χ1v) is 9.40. The third kappa shape index (κ3) is 7.32. The highest BCUT2D eigenvalue weighted by Crippen LogP contribution is 2.29. The Kier molecular flexibility index (Phi) is 7.92. The van der Waals surface area contributed by atoms with Crippen molar-refractivity contribution < 1.29 is 27.6 Å². The van der Waals surface area contributed by atoms with Crippen LogP contribution in [0.25, 0.3) is 0 Å². The number of benzene rings is 1. The van der Waals surface area contributed by atoms with E-state index in [0.717, 1.165) is 5.56 Å². The molecule has 0 aliphatic heterocycles. The number of nitrogens with zero attached hydrogens (tertiary/aromatic N) is 2. The number of carbonyl (C=O) groups is 1. The Balaban J connectivity index is 1.73. The second-order valence-corrected chi connectivity index (χ2v) is 7.58. The number of hydrogen-bond acceptors (Lipinski definition) is 6. The van der Waals surface area contributed by atoms with Gasteiger partial charge in [-0.15, -0.1) is 0 Å². The van der Waals surface area contributed by atoms with Crippen LogP contribution in [0.2, 0.25) is 0 Å². The average molecular weight is 411 g/mol. The van der Waals surface area contributed by atoms with E-state index in [2.05, 4.69) is 20.2 Å². The van der Waals surface area contributed by atoms with E-state index in [0.29, 0.717) is 43.9 Å². The number of amides is 1. The Labute approximate surface area is 168 Å². The number of aromatic nitrogens is 2. The summed E-state index contributed by atoms with van der Waals surface area (Å²) in [6.07, 6.45) is 1.93. The first kappa shape index (κ1) is 22.6. The lowest BCUT2D eigenvalue weighted by atomic mass is 9.96. The fourth-order valence-corrected chi connectivity index (χ4v) is 2.56. The molecule has 9 heteroatoms. The summed E-state index contributed by atoms with van der Waals surface area (Å²) >= 11 is 0. The third-order valence-electron chi connectivity index (χ3n) is 4.11. The monoisotopic (exact) mass is 411 g/mol. The Morgan fingerprint density at radius 1 is 1.24 bits per heavy atom. The first-order valence-electron chi connectivity index (χ1n) is 9.40. The molecule has 0 bridgehead atoms. The number of halogens is 2. The molecule has 2 rings (SSSR count). The van der Waals surface area contributed by atoms with E-state index < -0.39 is 6.61 Å². The van der Waals surface area contributed by atoms with Crippen molar-refractivity contribution in [1.82, 2.24) is 15.5 Å². The van der Waals surface area contributed by atoms with Gasteiger partial charge in [0.05, 0.1) is 7.11 Å². The normalized spacial score (nSPS) is 11.6. The molecule has 1 heterocycles. The van der Waals surface area contributed by atoms with Crippen molar-refractivity contribution in [3.63, 3.8) is 0 Å². The van der Waals surface area contributed by atoms with Crippen molar-refractivity contribution in [3.8, 4) is 11.5 Å². The van der Waals surface area contributed by atoms with E-state index >= 15 is 0 Å². The van der Waals surface area contributed by atoms with Crippen LogP contribution in [0.15, 0.2) is 22.7 Å². The summed E-state index contributed by atoms with van der Waals surface area (Å²) in [5, 5.41) is 6.76. The molecule has 2 aromatic rings. The first-order chi connectivity index (χ1) is 13.7. The van der Waals surface area contributed by atoms with Crippen molar-refractivity contribution in [2.75, 3.05) is 13.7 Å². The molecule has 0 fully saturated rings. The number of nitrogens with one attached hydrogen (secondary N) is 1. The van der Waals surface area contributed by atoms with E-state index in [1.807, 2.05) is 20.8 Å². The highest BCUT2D eigenvalue weighted by atomic mass is 19.3. The summed E-state index contributed by atoms with van der Waals surface area (Å²) in [5.74, 6) is 1.27. The molecule has 160 valence electrons. The number of hydrogen-bond donors (Lipinski definition) is 1. The Morgan fingerprint density at radius 3 is 2.62 bits per heavy atom. The van der Waals surface area contributed by atoms with Crippen LogP contribution in [0.1, 0.15) is 50.9 Å². The molecule has 0 unspecified atom stereocenters. The third-order valence-corrected chi connectivity index (χ3v) is 4.11. The van der Waals surface area contributed by atoms with Gasteiger partial charge in [0.1, 0.15) is 0 Å². The molecule has 1 N–H and O–H groups in total. The van der Waals surface area contributed by atoms with Crippen molar-refractivity contribution in [2.45, 2.75) is 58.5 Å². The standard InChI is InChI=1S/C20H27F2N3O4/c1-20(2,3)18-24-17(29-25-18)7-5-6-16(26)23-11-10-13-8-9-14(27-4)15(12-13)28-19(21)22/h8-9,12,19H,5-7,10-11H2,1-4H3,(H,23,26). The molecule has 0 saturated heterocycles. The van der Waals surface area contributed by atoms with Crippen molar-refractivity contribution in [1.29, 1.82) is 0 Å². The van der Waals surface area contributed by atoms with Gasteiger partial charge in [0.2, 0.25) is 11.8 Å². The van der Waals surface area contributed by atoms with Gasteiger partial charge in [-0.2, -0.15) is 13.8 Å². The van der Waals surface area contributed by atoms with Gasteiger partial charge in [0, 0.05) is 24.8 Å². The zero-order chi connectivity index (χ0) is 21.4. The van der Waals surface area contributed by atoms with Gasteiger partial charge in [0.25, 0.3) is 0 Å². The lowest BCUT2D eigenvalue weighted by Gasteiger charge is -2.12. The van der Waals surface area contributed by atoms with E-state index in [-0.39, 0.29) is 22.8 Å². The van der Waals surface area contributed by atoms with Gasteiger partial charge in [0.15, 0.2) is 17.3 Å². The summed E-state index contributed by atoms with van der Waals surface area (Å²) in [4.78, 5) is 16.3. The van der Waals surface area contributed by atoms with Gasteiger partial charge in [-0.3, -0.25) is 4.79 Å². The molecule has 7 nitrogen and oxygen atoms in total. The van der Waals surface area contributed by atoms with Crippen molar-refractivity contribution in [3.05, 3.63) is 35.5 Å². The number of carbonyl (C=O) groups excluding carboxylic acids is 1. The van der Waals surface area contributed by atoms with Gasteiger partial charge in [-0.05, 0) is 30.5 Å². The molecule has 0 saturated carbocycles. The highest BCUT2D eigenvalue weighted by molar-refractivity contribution is 5.75. The smallest absolute Gasteiger partial charge is 0.387 e. The highest BCUT2D eigenvalue weighted by Gasteiger charge is 2.20. The number of rotatable bonds is 10. The second kappa shape index (κ2) is 10.2. The summed E-state index contributed by atoms with van der Waals surface area (Å²) in [6, 6.07) is 4.79. The van der Waals surface area contributed by atoms with Gasteiger partial charge >= 0.3 is 6.61 Å². The van der Waals surface area contributed by atoms with E-state index in [1.165, 1.54) is 13.2 Å².